The smallest absolute Gasteiger partial charge is 0.211 e. The number of guanidine groups is 1. The van der Waals surface area contributed by atoms with E-state index in [2.05, 4.69) is 20.3 Å². The van der Waals surface area contributed by atoms with Gasteiger partial charge in [0.25, 0.3) is 0 Å². The number of ether oxygens (including phenoxy) is 2. The van der Waals surface area contributed by atoms with Crippen LogP contribution in [0, 0.1) is 0 Å². The van der Waals surface area contributed by atoms with Gasteiger partial charge >= 0.3 is 0 Å². The predicted molar refractivity (Wildman–Crippen MR) is 134 cm³/mol. The molecule has 0 saturated heterocycles. The molecule has 10 heteroatoms. The van der Waals surface area contributed by atoms with Gasteiger partial charge in [0.2, 0.25) is 10.0 Å². The molecule has 0 aliphatic heterocycles. The van der Waals surface area contributed by atoms with E-state index in [0.717, 1.165) is 36.0 Å². The first-order valence-electron chi connectivity index (χ1n) is 10.3. The molecule has 0 aliphatic rings. The maximum absolute atomic E-state index is 11.4. The van der Waals surface area contributed by atoms with Crippen LogP contribution in [0.25, 0.3) is 0 Å². The van der Waals surface area contributed by atoms with Crippen molar-refractivity contribution in [3.8, 4) is 11.5 Å². The lowest BCUT2D eigenvalue weighted by molar-refractivity contribution is 0.287. The van der Waals surface area contributed by atoms with Crippen LogP contribution in [-0.2, 0) is 16.4 Å². The molecule has 0 aromatic heterocycles. The van der Waals surface area contributed by atoms with Gasteiger partial charge in [-0.15, -0.1) is 24.0 Å². The number of hydrogen-bond acceptors (Lipinski definition) is 5. The van der Waals surface area contributed by atoms with Crippen LogP contribution in [0.1, 0.15) is 39.7 Å². The maximum Gasteiger partial charge on any atom is 0.211 e. The van der Waals surface area contributed by atoms with Crippen LogP contribution in [0.5, 0.6) is 11.5 Å². The van der Waals surface area contributed by atoms with Crippen LogP contribution in [0.2, 0.25) is 0 Å². The van der Waals surface area contributed by atoms with Crippen LogP contribution in [0.3, 0.4) is 0 Å². The summed E-state index contributed by atoms with van der Waals surface area (Å²) in [5, 5.41) is 6.51. The number of sulfonamides is 1. The molecule has 0 atom stereocenters. The average Bonchev–Trinajstić information content (AvgIpc) is 2.70. The Hall–Kier alpha value is -1.27. The lowest BCUT2D eigenvalue weighted by Gasteiger charge is -2.14. The van der Waals surface area contributed by atoms with Crippen LogP contribution in [-0.4, -0.2) is 59.5 Å². The summed E-state index contributed by atoms with van der Waals surface area (Å²) in [6.45, 7) is 11.1. The molecule has 174 valence electrons. The Labute approximate surface area is 198 Å². The van der Waals surface area contributed by atoms with Crippen LogP contribution in [0.4, 0.5) is 0 Å². The number of rotatable bonds is 14. The first-order valence-corrected chi connectivity index (χ1v) is 12.0. The number of nitrogens with zero attached hydrogens (tertiary/aromatic N) is 1. The summed E-state index contributed by atoms with van der Waals surface area (Å²) in [5.74, 6) is 2.35. The molecular formula is C20H37IN4O4S. The summed E-state index contributed by atoms with van der Waals surface area (Å²) in [4.78, 5) is 4.49. The van der Waals surface area contributed by atoms with E-state index in [4.69, 9.17) is 9.47 Å². The minimum absolute atomic E-state index is 0. The van der Waals surface area contributed by atoms with Crippen LogP contribution >= 0.6 is 24.0 Å². The monoisotopic (exact) mass is 556 g/mol. The molecule has 1 aromatic rings. The molecule has 8 nitrogen and oxygen atoms in total. The third kappa shape index (κ3) is 11.8. The van der Waals surface area contributed by atoms with E-state index in [-0.39, 0.29) is 29.7 Å². The SMILES string of the molecule is CCNC(=NCCCNS(=O)(=O)CC)NCCc1ccc(OCC)c(OCC)c1.I. The number of hydrogen-bond donors (Lipinski definition) is 3. The molecule has 1 rings (SSSR count). The number of nitrogens with one attached hydrogen (secondary N) is 3. The van der Waals surface area contributed by atoms with Gasteiger partial charge < -0.3 is 20.1 Å². The Morgan fingerprint density at radius 3 is 2.33 bits per heavy atom. The van der Waals surface area contributed by atoms with Crippen molar-refractivity contribution in [1.29, 1.82) is 0 Å². The summed E-state index contributed by atoms with van der Waals surface area (Å²) < 4.78 is 36.6. The zero-order valence-corrected chi connectivity index (χ0v) is 21.6. The largest absolute Gasteiger partial charge is 0.490 e. The second-order valence-corrected chi connectivity index (χ2v) is 8.33. The Morgan fingerprint density at radius 2 is 1.70 bits per heavy atom. The molecule has 0 radical (unpaired) electrons. The lowest BCUT2D eigenvalue weighted by atomic mass is 10.1. The Bertz CT molecular complexity index is 730. The van der Waals surface area contributed by atoms with Gasteiger partial charge in [0.15, 0.2) is 17.5 Å². The maximum atomic E-state index is 11.4. The van der Waals surface area contributed by atoms with Gasteiger partial charge in [-0.1, -0.05) is 6.07 Å². The molecule has 0 amide bonds. The van der Waals surface area contributed by atoms with Gasteiger partial charge in [-0.3, -0.25) is 4.99 Å². The Morgan fingerprint density at radius 1 is 1.00 bits per heavy atom. The highest BCUT2D eigenvalue weighted by Gasteiger charge is 2.07. The van der Waals surface area contributed by atoms with Crippen molar-refractivity contribution in [1.82, 2.24) is 15.4 Å². The lowest BCUT2D eigenvalue weighted by Crippen LogP contribution is -2.38. The Kier molecular flexibility index (Phi) is 15.7. The normalized spacial score (nSPS) is 11.5. The molecule has 0 heterocycles. The zero-order chi connectivity index (χ0) is 21.5. The second-order valence-electron chi connectivity index (χ2n) is 6.24. The summed E-state index contributed by atoms with van der Waals surface area (Å²) in [6, 6.07) is 6.00. The number of benzene rings is 1. The zero-order valence-electron chi connectivity index (χ0n) is 18.5. The topological polar surface area (TPSA) is 101 Å². The van der Waals surface area contributed by atoms with Gasteiger partial charge in [0, 0.05) is 26.2 Å². The van der Waals surface area contributed by atoms with E-state index in [9.17, 15) is 8.42 Å². The van der Waals surface area contributed by atoms with E-state index in [1.54, 1.807) is 6.92 Å². The minimum atomic E-state index is -3.14. The van der Waals surface area contributed by atoms with Crippen molar-refractivity contribution in [2.75, 3.05) is 45.1 Å². The molecule has 30 heavy (non-hydrogen) atoms. The third-order valence-corrected chi connectivity index (χ3v) is 5.37. The van der Waals surface area contributed by atoms with E-state index in [1.807, 2.05) is 39.0 Å². The standard InChI is InChI=1S/C20H36N4O4S.HI/c1-5-21-20(22-13-9-14-24-29(25,26)8-4)23-15-12-17-10-11-18(27-6-2)19(16-17)28-7-3;/h10-11,16,24H,5-9,12-15H2,1-4H3,(H2,21,22,23);1H. The quantitative estimate of drug-likeness (QED) is 0.141. The number of halogens is 1. The average molecular weight is 557 g/mol. The van der Waals surface area contributed by atoms with E-state index in [0.29, 0.717) is 39.3 Å². The highest BCUT2D eigenvalue weighted by molar-refractivity contribution is 14.0. The molecule has 0 unspecified atom stereocenters. The van der Waals surface area contributed by atoms with Crippen LogP contribution in [0.15, 0.2) is 23.2 Å². The van der Waals surface area contributed by atoms with Gasteiger partial charge in [0.1, 0.15) is 0 Å². The molecule has 1 aromatic carbocycles. The molecule has 0 fully saturated rings. The molecular weight excluding hydrogens is 519 g/mol. The van der Waals surface area contributed by atoms with E-state index in [1.165, 1.54) is 0 Å². The molecule has 0 saturated carbocycles. The fourth-order valence-electron chi connectivity index (χ4n) is 2.52. The molecule has 3 N–H and O–H groups in total. The van der Waals surface area contributed by atoms with Crippen molar-refractivity contribution in [3.05, 3.63) is 23.8 Å². The predicted octanol–water partition coefficient (Wildman–Crippen LogP) is 2.53. The first-order chi connectivity index (χ1) is 14.0. The molecule has 0 aliphatic carbocycles. The van der Waals surface area contributed by atoms with Crippen molar-refractivity contribution in [2.45, 2.75) is 40.5 Å². The summed E-state index contributed by atoms with van der Waals surface area (Å²) in [6.07, 6.45) is 1.46. The molecule has 0 spiro atoms. The fourth-order valence-corrected chi connectivity index (χ4v) is 3.18. The fraction of sp³-hybridized carbons (Fsp3) is 0.650. The van der Waals surface area contributed by atoms with Crippen LogP contribution < -0.4 is 24.8 Å². The van der Waals surface area contributed by atoms with Crippen molar-refractivity contribution in [2.24, 2.45) is 4.99 Å². The van der Waals surface area contributed by atoms with Crippen molar-refractivity contribution in [3.63, 3.8) is 0 Å². The summed E-state index contributed by atoms with van der Waals surface area (Å²) in [5.41, 5.74) is 1.15. The first kappa shape index (κ1) is 28.7. The van der Waals surface area contributed by atoms with E-state index >= 15 is 0 Å². The molecule has 0 bridgehead atoms. The van der Waals surface area contributed by atoms with Gasteiger partial charge in [0.05, 0.1) is 19.0 Å². The van der Waals surface area contributed by atoms with Gasteiger partial charge in [-0.2, -0.15) is 0 Å². The minimum Gasteiger partial charge on any atom is -0.490 e. The van der Waals surface area contributed by atoms with Crippen molar-refractivity contribution < 1.29 is 17.9 Å². The van der Waals surface area contributed by atoms with Crippen molar-refractivity contribution >= 4 is 40.0 Å². The third-order valence-electron chi connectivity index (χ3n) is 3.96. The highest BCUT2D eigenvalue weighted by Crippen LogP contribution is 2.28. The summed E-state index contributed by atoms with van der Waals surface area (Å²) >= 11 is 0. The van der Waals surface area contributed by atoms with Gasteiger partial charge in [-0.05, 0) is 58.2 Å². The van der Waals surface area contributed by atoms with E-state index < -0.39 is 10.0 Å². The summed E-state index contributed by atoms with van der Waals surface area (Å²) in [7, 11) is -3.14. The Balaban J connectivity index is 0.00000841. The number of aliphatic imine (C=N–C) groups is 1. The second kappa shape index (κ2) is 16.4. The highest BCUT2D eigenvalue weighted by atomic mass is 127. The van der Waals surface area contributed by atoms with Gasteiger partial charge in [-0.25, -0.2) is 13.1 Å².